The number of phenolic OH excluding ortho intramolecular Hbond substituents is 1. The van der Waals surface area contributed by atoms with Gasteiger partial charge in [-0.2, -0.15) is 0 Å². The van der Waals surface area contributed by atoms with Crippen LogP contribution in [0.3, 0.4) is 0 Å². The number of piperidine rings is 1. The highest BCUT2D eigenvalue weighted by Gasteiger charge is 2.50. The molecule has 1 amide bonds. The molecule has 2 aromatic carbocycles. The molecule has 1 heterocycles. The van der Waals surface area contributed by atoms with Crippen LogP contribution in [0.25, 0.3) is 0 Å². The lowest BCUT2D eigenvalue weighted by atomic mass is 9.66. The molecule has 154 valence electrons. The Balaban J connectivity index is 1.77. The second-order valence-corrected chi connectivity index (χ2v) is 8.18. The summed E-state index contributed by atoms with van der Waals surface area (Å²) >= 11 is 0. The van der Waals surface area contributed by atoms with E-state index in [1.807, 2.05) is 54.3 Å². The van der Waals surface area contributed by atoms with Gasteiger partial charge in [0, 0.05) is 18.0 Å². The van der Waals surface area contributed by atoms with Crippen LogP contribution in [0.2, 0.25) is 0 Å². The van der Waals surface area contributed by atoms with Crippen LogP contribution in [-0.4, -0.2) is 39.8 Å². The van der Waals surface area contributed by atoms with Crippen molar-refractivity contribution in [3.05, 3.63) is 59.7 Å². The second kappa shape index (κ2) is 8.07. The summed E-state index contributed by atoms with van der Waals surface area (Å²) in [6, 6.07) is 14.4. The molecule has 1 aliphatic carbocycles. The van der Waals surface area contributed by atoms with E-state index >= 15 is 0 Å². The predicted molar refractivity (Wildman–Crippen MR) is 111 cm³/mol. The van der Waals surface area contributed by atoms with Crippen LogP contribution in [0.4, 0.5) is 0 Å². The van der Waals surface area contributed by atoms with Gasteiger partial charge >= 0.3 is 0 Å². The van der Waals surface area contributed by atoms with Gasteiger partial charge in [-0.05, 0) is 56.0 Å². The second-order valence-electron chi connectivity index (χ2n) is 8.18. The Labute approximate surface area is 171 Å². The Morgan fingerprint density at radius 2 is 1.97 bits per heavy atom. The van der Waals surface area contributed by atoms with Gasteiger partial charge in [0.05, 0.1) is 18.2 Å². The largest absolute Gasteiger partial charge is 0.504 e. The topological polar surface area (TPSA) is 70.0 Å². The highest BCUT2D eigenvalue weighted by molar-refractivity contribution is 5.94. The Morgan fingerprint density at radius 1 is 1.17 bits per heavy atom. The molecule has 1 saturated heterocycles. The number of ether oxygens (including phenoxy) is 1. The number of likely N-dealkylation sites (tertiary alicyclic amines) is 1. The van der Waals surface area contributed by atoms with E-state index in [9.17, 15) is 15.0 Å². The van der Waals surface area contributed by atoms with Crippen molar-refractivity contribution in [2.45, 2.75) is 50.7 Å². The quantitative estimate of drug-likeness (QED) is 0.810. The third-order valence-corrected chi connectivity index (χ3v) is 6.47. The Kier molecular flexibility index (Phi) is 5.50. The zero-order valence-electron chi connectivity index (χ0n) is 16.9. The standard InChI is InChI=1S/C24H29NO4/c1-2-29-21-16-18(11-12-20(21)26)22-19-10-6-7-13-24(19,28)14-15-25(22)23(27)17-8-4-3-5-9-17/h3-5,8-9,11-12,16,19,22,26,28H,2,6-7,10,13-15H2,1H3/t19-,22-,24-/m1/s1. The monoisotopic (exact) mass is 395 g/mol. The van der Waals surface area contributed by atoms with Crippen LogP contribution in [-0.2, 0) is 0 Å². The maximum absolute atomic E-state index is 13.4. The first-order chi connectivity index (χ1) is 14.0. The molecule has 29 heavy (non-hydrogen) atoms. The first-order valence-corrected chi connectivity index (χ1v) is 10.6. The average molecular weight is 395 g/mol. The molecule has 5 nitrogen and oxygen atoms in total. The summed E-state index contributed by atoms with van der Waals surface area (Å²) in [5.41, 5.74) is 0.808. The Bertz CT molecular complexity index is 868. The van der Waals surface area contributed by atoms with E-state index < -0.39 is 5.60 Å². The van der Waals surface area contributed by atoms with E-state index in [-0.39, 0.29) is 23.6 Å². The van der Waals surface area contributed by atoms with Gasteiger partial charge in [-0.3, -0.25) is 4.79 Å². The summed E-state index contributed by atoms with van der Waals surface area (Å²) < 4.78 is 5.59. The van der Waals surface area contributed by atoms with Crippen LogP contribution >= 0.6 is 0 Å². The number of aromatic hydroxyl groups is 1. The fourth-order valence-electron chi connectivity index (χ4n) is 5.05. The summed E-state index contributed by atoms with van der Waals surface area (Å²) in [5, 5.41) is 21.5. The summed E-state index contributed by atoms with van der Waals surface area (Å²) in [6.07, 6.45) is 4.32. The van der Waals surface area contributed by atoms with Gasteiger partial charge in [0.1, 0.15) is 0 Å². The van der Waals surface area contributed by atoms with E-state index in [0.717, 1.165) is 31.2 Å². The maximum Gasteiger partial charge on any atom is 0.254 e. The van der Waals surface area contributed by atoms with Crippen LogP contribution in [0.1, 0.15) is 61.0 Å². The van der Waals surface area contributed by atoms with Crippen molar-refractivity contribution in [2.24, 2.45) is 5.92 Å². The van der Waals surface area contributed by atoms with Crippen molar-refractivity contribution < 1.29 is 19.7 Å². The first kappa shape index (κ1) is 19.8. The predicted octanol–water partition coefficient (Wildman–Crippen LogP) is 4.30. The molecule has 1 saturated carbocycles. The zero-order valence-corrected chi connectivity index (χ0v) is 16.9. The lowest BCUT2D eigenvalue weighted by Gasteiger charge is -2.52. The maximum atomic E-state index is 13.4. The van der Waals surface area contributed by atoms with Gasteiger partial charge in [0.2, 0.25) is 0 Å². The molecule has 0 radical (unpaired) electrons. The van der Waals surface area contributed by atoms with Gasteiger partial charge in [-0.15, -0.1) is 0 Å². The van der Waals surface area contributed by atoms with Gasteiger partial charge in [0.15, 0.2) is 11.5 Å². The molecule has 3 atom stereocenters. The fourth-order valence-corrected chi connectivity index (χ4v) is 5.05. The number of amides is 1. The molecule has 5 heteroatoms. The lowest BCUT2D eigenvalue weighted by Crippen LogP contribution is -2.56. The molecule has 0 spiro atoms. The molecule has 0 bridgehead atoms. The smallest absolute Gasteiger partial charge is 0.254 e. The number of aliphatic hydroxyl groups is 1. The zero-order chi connectivity index (χ0) is 20.4. The third-order valence-electron chi connectivity index (χ3n) is 6.47. The van der Waals surface area contributed by atoms with Gasteiger partial charge in [-0.1, -0.05) is 37.1 Å². The normalized spacial score (nSPS) is 26.6. The lowest BCUT2D eigenvalue weighted by molar-refractivity contribution is -0.115. The number of hydrogen-bond donors (Lipinski definition) is 2. The van der Waals surface area contributed by atoms with Crippen LogP contribution < -0.4 is 4.74 Å². The third kappa shape index (κ3) is 3.71. The fraction of sp³-hybridized carbons (Fsp3) is 0.458. The first-order valence-electron chi connectivity index (χ1n) is 10.6. The molecule has 4 rings (SSSR count). The average Bonchev–Trinajstić information content (AvgIpc) is 2.74. The minimum atomic E-state index is -0.750. The Hall–Kier alpha value is -2.53. The van der Waals surface area contributed by atoms with E-state index in [0.29, 0.717) is 30.9 Å². The molecular formula is C24H29NO4. The summed E-state index contributed by atoms with van der Waals surface area (Å²) in [4.78, 5) is 15.3. The number of hydrogen-bond acceptors (Lipinski definition) is 4. The van der Waals surface area contributed by atoms with Crippen molar-refractivity contribution in [3.8, 4) is 11.5 Å². The minimum Gasteiger partial charge on any atom is -0.504 e. The SMILES string of the molecule is CCOc1cc([C@@H]2[C@H]3CCCC[C@@]3(O)CCN2C(=O)c2ccccc2)ccc1O. The highest BCUT2D eigenvalue weighted by atomic mass is 16.5. The minimum absolute atomic E-state index is 0.0192. The molecule has 2 N–H and O–H groups in total. The van der Waals surface area contributed by atoms with E-state index in [1.165, 1.54) is 0 Å². The highest BCUT2D eigenvalue weighted by Crippen LogP contribution is 2.50. The van der Waals surface area contributed by atoms with E-state index in [4.69, 9.17) is 4.74 Å². The van der Waals surface area contributed by atoms with Gasteiger partial charge in [-0.25, -0.2) is 0 Å². The van der Waals surface area contributed by atoms with Crippen LogP contribution in [0, 0.1) is 5.92 Å². The van der Waals surface area contributed by atoms with Gasteiger partial charge in [0.25, 0.3) is 5.91 Å². The number of carbonyl (C=O) groups is 1. The van der Waals surface area contributed by atoms with Crippen molar-refractivity contribution in [1.29, 1.82) is 0 Å². The molecule has 2 fully saturated rings. The van der Waals surface area contributed by atoms with Crippen LogP contribution in [0.15, 0.2) is 48.5 Å². The summed E-state index contributed by atoms with van der Waals surface area (Å²) in [5.74, 6) is 0.458. The molecule has 0 unspecified atom stereocenters. The molecule has 1 aliphatic heterocycles. The molecule has 2 aromatic rings. The van der Waals surface area contributed by atoms with E-state index in [1.54, 1.807) is 6.07 Å². The van der Waals surface area contributed by atoms with Crippen LogP contribution in [0.5, 0.6) is 11.5 Å². The molecule has 0 aromatic heterocycles. The number of phenols is 1. The van der Waals surface area contributed by atoms with Crippen molar-refractivity contribution in [3.63, 3.8) is 0 Å². The van der Waals surface area contributed by atoms with Crippen molar-refractivity contribution >= 4 is 5.91 Å². The number of rotatable bonds is 4. The number of benzene rings is 2. The van der Waals surface area contributed by atoms with E-state index in [2.05, 4.69) is 0 Å². The Morgan fingerprint density at radius 3 is 2.72 bits per heavy atom. The van der Waals surface area contributed by atoms with Crippen molar-refractivity contribution in [1.82, 2.24) is 4.90 Å². The summed E-state index contributed by atoms with van der Waals surface area (Å²) in [6.45, 7) is 2.83. The van der Waals surface area contributed by atoms with Gasteiger partial charge < -0.3 is 19.8 Å². The number of nitrogens with zero attached hydrogens (tertiary/aromatic N) is 1. The molecular weight excluding hydrogens is 366 g/mol. The number of fused-ring (bicyclic) bond motifs is 1. The van der Waals surface area contributed by atoms with Crippen molar-refractivity contribution in [2.75, 3.05) is 13.2 Å². The summed E-state index contributed by atoms with van der Waals surface area (Å²) in [7, 11) is 0. The number of carbonyl (C=O) groups excluding carboxylic acids is 1. The molecule has 2 aliphatic rings.